The fraction of sp³-hybridized carbons (Fsp3) is 0.870. The van der Waals surface area contributed by atoms with Gasteiger partial charge in [-0.05, 0) is 51.4 Å². The number of unbranched alkanes of at least 4 members (excludes halogenated alkanes) is 33. The van der Waals surface area contributed by atoms with Crippen LogP contribution in [0.5, 0.6) is 0 Å². The van der Waals surface area contributed by atoms with E-state index in [-0.39, 0.29) is 31.1 Å². The van der Waals surface area contributed by atoms with Crippen molar-refractivity contribution in [3.63, 3.8) is 0 Å². The van der Waals surface area contributed by atoms with Crippen molar-refractivity contribution >= 4 is 17.9 Å². The van der Waals surface area contributed by atoms with E-state index in [1.165, 1.54) is 154 Å². The number of allylic oxidation sites excluding steroid dienone is 4. The summed E-state index contributed by atoms with van der Waals surface area (Å²) in [6.45, 7) is 6.55. The summed E-state index contributed by atoms with van der Waals surface area (Å²) < 4.78 is 16.7. The van der Waals surface area contributed by atoms with Crippen LogP contribution in [-0.2, 0) is 28.6 Å². The number of carbonyl (C=O) groups is 3. The molecule has 0 heterocycles. The first-order valence-electron chi connectivity index (χ1n) is 26.3. The average Bonchev–Trinajstić information content (AvgIpc) is 3.24. The van der Waals surface area contributed by atoms with Gasteiger partial charge < -0.3 is 14.2 Å². The predicted octanol–water partition coefficient (Wildman–Crippen LogP) is 17.2. The second kappa shape index (κ2) is 49.5. The van der Waals surface area contributed by atoms with Gasteiger partial charge in [0.25, 0.3) is 0 Å². The smallest absolute Gasteiger partial charge is 0.306 e. The molecule has 0 aromatic heterocycles. The van der Waals surface area contributed by atoms with Crippen LogP contribution in [0.2, 0.25) is 0 Å². The number of hydrogen-bond donors (Lipinski definition) is 0. The van der Waals surface area contributed by atoms with Crippen molar-refractivity contribution in [3.8, 4) is 0 Å². The maximum Gasteiger partial charge on any atom is 0.306 e. The molecule has 352 valence electrons. The van der Waals surface area contributed by atoms with Crippen molar-refractivity contribution in [1.82, 2.24) is 0 Å². The Morgan fingerprint density at radius 3 is 0.950 bits per heavy atom. The molecule has 0 N–H and O–H groups in total. The van der Waals surface area contributed by atoms with Gasteiger partial charge in [-0.3, -0.25) is 14.4 Å². The van der Waals surface area contributed by atoms with E-state index in [0.717, 1.165) is 89.9 Å². The van der Waals surface area contributed by atoms with Crippen molar-refractivity contribution in [2.24, 2.45) is 0 Å². The summed E-state index contributed by atoms with van der Waals surface area (Å²) in [5.41, 5.74) is 0. The van der Waals surface area contributed by atoms with E-state index in [1.54, 1.807) is 0 Å². The van der Waals surface area contributed by atoms with Crippen LogP contribution < -0.4 is 0 Å². The SMILES string of the molecule is CCCCC/C=C\C/C=C\CCCCCCCC(=O)OC(COC(=O)CCCCCCC)COC(=O)CCCCCCCCCCCCCCCCCCCCCCCC. The monoisotopic (exact) mass is 845 g/mol. The Kier molecular flexibility index (Phi) is 47.8. The second-order valence-electron chi connectivity index (χ2n) is 17.8. The lowest BCUT2D eigenvalue weighted by Gasteiger charge is -2.18. The lowest BCUT2D eigenvalue weighted by atomic mass is 10.0. The Hall–Kier alpha value is -2.11. The molecular weight excluding hydrogens is 745 g/mol. The van der Waals surface area contributed by atoms with E-state index in [9.17, 15) is 14.4 Å². The second-order valence-corrected chi connectivity index (χ2v) is 17.8. The molecule has 0 saturated carbocycles. The maximum absolute atomic E-state index is 12.7. The minimum atomic E-state index is -0.770. The molecule has 0 radical (unpaired) electrons. The Labute approximate surface area is 373 Å². The zero-order chi connectivity index (χ0) is 43.7. The third kappa shape index (κ3) is 46.9. The minimum Gasteiger partial charge on any atom is -0.462 e. The first-order chi connectivity index (χ1) is 29.5. The summed E-state index contributed by atoms with van der Waals surface area (Å²) in [5, 5.41) is 0. The van der Waals surface area contributed by atoms with Crippen molar-refractivity contribution in [3.05, 3.63) is 24.3 Å². The topological polar surface area (TPSA) is 78.9 Å². The van der Waals surface area contributed by atoms with E-state index < -0.39 is 6.10 Å². The van der Waals surface area contributed by atoms with Crippen molar-refractivity contribution in [2.45, 2.75) is 290 Å². The first kappa shape index (κ1) is 57.9. The lowest BCUT2D eigenvalue weighted by Crippen LogP contribution is -2.30. The summed E-state index contributed by atoms with van der Waals surface area (Å²) in [4.78, 5) is 37.6. The number of esters is 3. The van der Waals surface area contributed by atoms with Crippen LogP contribution >= 0.6 is 0 Å². The minimum absolute atomic E-state index is 0.0736. The molecule has 1 atom stereocenters. The van der Waals surface area contributed by atoms with Crippen LogP contribution in [0.4, 0.5) is 0 Å². The highest BCUT2D eigenvalue weighted by atomic mass is 16.6. The number of carbonyl (C=O) groups excluding carboxylic acids is 3. The quantitative estimate of drug-likeness (QED) is 0.0263. The van der Waals surface area contributed by atoms with Crippen LogP contribution in [0.1, 0.15) is 284 Å². The van der Waals surface area contributed by atoms with E-state index in [1.807, 2.05) is 0 Å². The number of rotatable bonds is 48. The normalized spacial score (nSPS) is 12.1. The molecule has 0 fully saturated rings. The molecule has 0 aliphatic carbocycles. The Balaban J connectivity index is 4.08. The van der Waals surface area contributed by atoms with Crippen molar-refractivity contribution < 1.29 is 28.6 Å². The third-order valence-electron chi connectivity index (χ3n) is 11.7. The summed E-state index contributed by atoms with van der Waals surface area (Å²) in [7, 11) is 0. The highest BCUT2D eigenvalue weighted by molar-refractivity contribution is 5.71. The van der Waals surface area contributed by atoms with E-state index in [0.29, 0.717) is 19.3 Å². The molecule has 1 unspecified atom stereocenters. The van der Waals surface area contributed by atoms with Gasteiger partial charge >= 0.3 is 17.9 Å². The molecule has 0 aliphatic rings. The van der Waals surface area contributed by atoms with E-state index in [4.69, 9.17) is 14.2 Å². The fourth-order valence-corrected chi connectivity index (χ4v) is 7.71. The molecule has 0 aliphatic heterocycles. The van der Waals surface area contributed by atoms with Gasteiger partial charge in [-0.25, -0.2) is 0 Å². The summed E-state index contributed by atoms with van der Waals surface area (Å²) >= 11 is 0. The molecular formula is C54H100O6. The van der Waals surface area contributed by atoms with Gasteiger partial charge in [0.2, 0.25) is 0 Å². The predicted molar refractivity (Wildman–Crippen MR) is 256 cm³/mol. The molecule has 0 aromatic rings. The molecule has 0 bridgehead atoms. The van der Waals surface area contributed by atoms with Crippen molar-refractivity contribution in [2.75, 3.05) is 13.2 Å². The van der Waals surface area contributed by atoms with E-state index >= 15 is 0 Å². The highest BCUT2D eigenvalue weighted by Gasteiger charge is 2.19. The van der Waals surface area contributed by atoms with Crippen LogP contribution in [0.25, 0.3) is 0 Å². The molecule has 0 aromatic carbocycles. The molecule has 6 heteroatoms. The van der Waals surface area contributed by atoms with Gasteiger partial charge in [-0.1, -0.05) is 238 Å². The zero-order valence-corrected chi connectivity index (χ0v) is 40.2. The average molecular weight is 845 g/mol. The molecule has 60 heavy (non-hydrogen) atoms. The summed E-state index contributed by atoms with van der Waals surface area (Å²) in [6.07, 6.45) is 56.4. The maximum atomic E-state index is 12.7. The van der Waals surface area contributed by atoms with Gasteiger partial charge in [0.1, 0.15) is 13.2 Å². The Bertz CT molecular complexity index is 973. The number of ether oxygens (including phenoxy) is 3. The first-order valence-corrected chi connectivity index (χ1v) is 26.3. The molecule has 6 nitrogen and oxygen atoms in total. The molecule has 0 spiro atoms. The van der Waals surface area contributed by atoms with Gasteiger partial charge in [0, 0.05) is 19.3 Å². The van der Waals surface area contributed by atoms with Crippen LogP contribution in [0.15, 0.2) is 24.3 Å². The molecule has 0 saturated heterocycles. The van der Waals surface area contributed by atoms with Crippen LogP contribution in [-0.4, -0.2) is 37.2 Å². The van der Waals surface area contributed by atoms with Gasteiger partial charge in [0.05, 0.1) is 0 Å². The van der Waals surface area contributed by atoms with Crippen molar-refractivity contribution in [1.29, 1.82) is 0 Å². The summed E-state index contributed by atoms with van der Waals surface area (Å²) in [6, 6.07) is 0. The highest BCUT2D eigenvalue weighted by Crippen LogP contribution is 2.16. The summed E-state index contributed by atoms with van der Waals surface area (Å²) in [5.74, 6) is -0.889. The lowest BCUT2D eigenvalue weighted by molar-refractivity contribution is -0.167. The van der Waals surface area contributed by atoms with Gasteiger partial charge in [0.15, 0.2) is 6.10 Å². The Morgan fingerprint density at radius 2 is 0.600 bits per heavy atom. The standard InChI is InChI=1S/C54H100O6/c1-4-7-10-13-15-17-19-21-23-24-25-26-27-28-29-31-32-34-36-38-41-44-47-53(56)59-50-51(49-58-52(55)46-43-40-12-9-6-3)60-54(57)48-45-42-39-37-35-33-30-22-20-18-16-14-11-8-5-2/h16,18,22,30,51H,4-15,17,19-21,23-29,31-50H2,1-3H3/b18-16-,30-22-. The van der Waals surface area contributed by atoms with Crippen LogP contribution in [0.3, 0.4) is 0 Å². The zero-order valence-electron chi connectivity index (χ0n) is 40.2. The van der Waals surface area contributed by atoms with Gasteiger partial charge in [-0.2, -0.15) is 0 Å². The van der Waals surface area contributed by atoms with Crippen LogP contribution in [0, 0.1) is 0 Å². The molecule has 0 rings (SSSR count). The Morgan fingerprint density at radius 1 is 0.333 bits per heavy atom. The largest absolute Gasteiger partial charge is 0.462 e. The fourth-order valence-electron chi connectivity index (χ4n) is 7.71. The molecule has 0 amide bonds. The van der Waals surface area contributed by atoms with Gasteiger partial charge in [-0.15, -0.1) is 0 Å². The number of hydrogen-bond acceptors (Lipinski definition) is 6. The third-order valence-corrected chi connectivity index (χ3v) is 11.7. The van der Waals surface area contributed by atoms with E-state index in [2.05, 4.69) is 45.1 Å².